The number of esters is 1. The second-order valence-corrected chi connectivity index (χ2v) is 4.98. The highest BCUT2D eigenvalue weighted by Crippen LogP contribution is 2.20. The zero-order chi connectivity index (χ0) is 17.4. The van der Waals surface area contributed by atoms with E-state index in [0.717, 1.165) is 12.1 Å². The number of carbonyl (C=O) groups excluding carboxylic acids is 2. The van der Waals surface area contributed by atoms with Crippen LogP contribution < -0.4 is 10.1 Å². The Balaban J connectivity index is 2.19. The van der Waals surface area contributed by atoms with Crippen LogP contribution in [-0.4, -0.2) is 41.4 Å². The maximum Gasteiger partial charge on any atom is 0.362 e. The molecular weight excluding hydrogens is 310 g/mol. The Morgan fingerprint density at radius 1 is 1.21 bits per heavy atom. The van der Waals surface area contributed by atoms with E-state index in [-0.39, 0.29) is 30.6 Å². The molecule has 1 amide bonds. The lowest BCUT2D eigenvalue weighted by atomic mass is 10.3. The fourth-order valence-corrected chi connectivity index (χ4v) is 1.98. The highest BCUT2D eigenvalue weighted by Gasteiger charge is 2.20. The summed E-state index contributed by atoms with van der Waals surface area (Å²) in [6.07, 6.45) is 2.40. The fraction of sp³-hybridized carbons (Fsp3) is 0.353. The van der Waals surface area contributed by atoms with Crippen molar-refractivity contribution in [1.29, 1.82) is 0 Å². The van der Waals surface area contributed by atoms with Crippen LogP contribution in [0.1, 0.15) is 30.8 Å². The Bertz CT molecular complexity index is 682. The number of nitrogens with one attached hydrogen (secondary N) is 1. The van der Waals surface area contributed by atoms with Crippen LogP contribution in [0, 0.1) is 0 Å². The number of carbonyl (C=O) groups is 2. The highest BCUT2D eigenvalue weighted by atomic mass is 16.5. The second kappa shape index (κ2) is 8.71. The van der Waals surface area contributed by atoms with Crippen LogP contribution >= 0.6 is 0 Å². The number of ether oxygens (including phenoxy) is 2. The molecule has 128 valence electrons. The van der Waals surface area contributed by atoms with Gasteiger partial charge in [0.1, 0.15) is 0 Å². The lowest BCUT2D eigenvalue weighted by Crippen LogP contribution is -2.29. The van der Waals surface area contributed by atoms with Gasteiger partial charge in [0.2, 0.25) is 5.69 Å². The summed E-state index contributed by atoms with van der Waals surface area (Å²) in [6, 6.07) is 9.30. The van der Waals surface area contributed by atoms with Gasteiger partial charge in [0.25, 0.3) is 5.91 Å². The number of nitrogens with zero attached hydrogens (tertiary/aromatic N) is 2. The Hall–Kier alpha value is -2.83. The molecule has 7 heteroatoms. The maximum absolute atomic E-state index is 12.0. The summed E-state index contributed by atoms with van der Waals surface area (Å²) in [5, 5.41) is 6.93. The number of rotatable bonds is 8. The van der Waals surface area contributed by atoms with Crippen molar-refractivity contribution in [1.82, 2.24) is 15.1 Å². The summed E-state index contributed by atoms with van der Waals surface area (Å²) < 4.78 is 12.0. The molecule has 0 spiro atoms. The van der Waals surface area contributed by atoms with Crippen LogP contribution in [0.4, 0.5) is 0 Å². The van der Waals surface area contributed by atoms with Crippen molar-refractivity contribution in [2.45, 2.75) is 20.3 Å². The van der Waals surface area contributed by atoms with Crippen molar-refractivity contribution in [3.05, 3.63) is 42.2 Å². The van der Waals surface area contributed by atoms with E-state index >= 15 is 0 Å². The van der Waals surface area contributed by atoms with E-state index in [9.17, 15) is 9.59 Å². The smallest absolute Gasteiger partial charge is 0.362 e. The fourth-order valence-electron chi connectivity index (χ4n) is 1.98. The molecule has 1 aromatic heterocycles. The minimum absolute atomic E-state index is 0.0454. The standard InChI is InChI=1S/C17H21N3O4/c1-3-10-18-15(21)12-24-14-11-20(13-8-6-5-7-9-13)19-16(14)17(22)23-4-2/h5-9,11H,3-4,10,12H2,1-2H3,(H,18,21). The largest absolute Gasteiger partial charge is 0.480 e. The molecule has 24 heavy (non-hydrogen) atoms. The van der Waals surface area contributed by atoms with Crippen LogP contribution in [0.25, 0.3) is 5.69 Å². The lowest BCUT2D eigenvalue weighted by Gasteiger charge is -2.06. The Kier molecular flexibility index (Phi) is 6.36. The SMILES string of the molecule is CCCNC(=O)COc1cn(-c2ccccc2)nc1C(=O)OCC. The molecule has 0 atom stereocenters. The minimum atomic E-state index is -0.587. The molecule has 0 aliphatic heterocycles. The molecule has 0 fully saturated rings. The number of hydrogen-bond acceptors (Lipinski definition) is 5. The molecule has 1 N–H and O–H groups in total. The molecule has 0 radical (unpaired) electrons. The number of para-hydroxylation sites is 1. The van der Waals surface area contributed by atoms with Gasteiger partial charge in [-0.2, -0.15) is 5.10 Å². The molecule has 0 bridgehead atoms. The summed E-state index contributed by atoms with van der Waals surface area (Å²) in [7, 11) is 0. The van der Waals surface area contributed by atoms with E-state index in [2.05, 4.69) is 10.4 Å². The monoisotopic (exact) mass is 331 g/mol. The number of hydrogen-bond donors (Lipinski definition) is 1. The van der Waals surface area contributed by atoms with Gasteiger partial charge >= 0.3 is 5.97 Å². The normalized spacial score (nSPS) is 10.2. The first-order valence-electron chi connectivity index (χ1n) is 7.87. The van der Waals surface area contributed by atoms with Crippen LogP contribution in [0.5, 0.6) is 5.75 Å². The van der Waals surface area contributed by atoms with E-state index in [1.807, 2.05) is 37.3 Å². The van der Waals surface area contributed by atoms with Gasteiger partial charge in [-0.15, -0.1) is 0 Å². The van der Waals surface area contributed by atoms with Crippen molar-refractivity contribution in [3.8, 4) is 11.4 Å². The number of amides is 1. The molecule has 0 aliphatic carbocycles. The third kappa shape index (κ3) is 4.58. The molecule has 0 aliphatic rings. The Morgan fingerprint density at radius 2 is 1.96 bits per heavy atom. The summed E-state index contributed by atoms with van der Waals surface area (Å²) in [6.45, 7) is 4.30. The van der Waals surface area contributed by atoms with Gasteiger partial charge in [0.15, 0.2) is 12.4 Å². The van der Waals surface area contributed by atoms with Crippen LogP contribution in [-0.2, 0) is 9.53 Å². The van der Waals surface area contributed by atoms with E-state index in [1.54, 1.807) is 13.1 Å². The van der Waals surface area contributed by atoms with Crippen LogP contribution in [0.15, 0.2) is 36.5 Å². The quantitative estimate of drug-likeness (QED) is 0.748. The predicted octanol–water partition coefficient (Wildman–Crippen LogP) is 1.95. The Morgan fingerprint density at radius 3 is 2.62 bits per heavy atom. The van der Waals surface area contributed by atoms with Crippen LogP contribution in [0.2, 0.25) is 0 Å². The van der Waals surface area contributed by atoms with Gasteiger partial charge < -0.3 is 14.8 Å². The molecule has 0 saturated carbocycles. The third-order valence-electron chi connectivity index (χ3n) is 3.10. The molecule has 0 saturated heterocycles. The first-order valence-corrected chi connectivity index (χ1v) is 7.87. The predicted molar refractivity (Wildman–Crippen MR) is 88.3 cm³/mol. The molecule has 1 aromatic carbocycles. The number of benzene rings is 1. The van der Waals surface area contributed by atoms with Crippen molar-refractivity contribution in [2.24, 2.45) is 0 Å². The van der Waals surface area contributed by atoms with Crippen LogP contribution in [0.3, 0.4) is 0 Å². The van der Waals surface area contributed by atoms with E-state index in [4.69, 9.17) is 9.47 Å². The molecular formula is C17H21N3O4. The Labute approximate surface area is 140 Å². The van der Waals surface area contributed by atoms with Gasteiger partial charge in [-0.05, 0) is 25.5 Å². The third-order valence-corrected chi connectivity index (χ3v) is 3.10. The van der Waals surface area contributed by atoms with Gasteiger partial charge in [0.05, 0.1) is 18.5 Å². The summed E-state index contributed by atoms with van der Waals surface area (Å²) in [4.78, 5) is 23.7. The topological polar surface area (TPSA) is 82.5 Å². The lowest BCUT2D eigenvalue weighted by molar-refractivity contribution is -0.123. The van der Waals surface area contributed by atoms with E-state index < -0.39 is 5.97 Å². The molecule has 0 unspecified atom stereocenters. The summed E-state index contributed by atoms with van der Waals surface area (Å²) in [5.74, 6) is -0.626. The first-order chi connectivity index (χ1) is 11.7. The number of aromatic nitrogens is 2. The molecule has 7 nitrogen and oxygen atoms in total. The van der Waals surface area contributed by atoms with Gasteiger partial charge in [-0.3, -0.25) is 4.79 Å². The maximum atomic E-state index is 12.0. The minimum Gasteiger partial charge on any atom is -0.480 e. The van der Waals surface area contributed by atoms with E-state index in [0.29, 0.717) is 6.54 Å². The summed E-state index contributed by atoms with van der Waals surface area (Å²) >= 11 is 0. The zero-order valence-corrected chi connectivity index (χ0v) is 13.8. The van der Waals surface area contributed by atoms with Gasteiger partial charge in [-0.25, -0.2) is 9.48 Å². The van der Waals surface area contributed by atoms with Crippen molar-refractivity contribution < 1.29 is 19.1 Å². The highest BCUT2D eigenvalue weighted by molar-refractivity contribution is 5.90. The van der Waals surface area contributed by atoms with E-state index in [1.165, 1.54) is 4.68 Å². The molecule has 1 heterocycles. The average Bonchev–Trinajstić information content (AvgIpc) is 3.03. The van der Waals surface area contributed by atoms with Gasteiger partial charge in [0, 0.05) is 6.54 Å². The van der Waals surface area contributed by atoms with Crippen molar-refractivity contribution in [2.75, 3.05) is 19.8 Å². The summed E-state index contributed by atoms with van der Waals surface area (Å²) in [5.41, 5.74) is 0.817. The zero-order valence-electron chi connectivity index (χ0n) is 13.8. The molecule has 2 aromatic rings. The average molecular weight is 331 g/mol. The first kappa shape index (κ1) is 17.5. The second-order valence-electron chi connectivity index (χ2n) is 4.98. The molecule has 2 rings (SSSR count). The van der Waals surface area contributed by atoms with Crippen molar-refractivity contribution >= 4 is 11.9 Å². The van der Waals surface area contributed by atoms with Gasteiger partial charge in [-0.1, -0.05) is 25.1 Å². The van der Waals surface area contributed by atoms with Crippen molar-refractivity contribution in [3.63, 3.8) is 0 Å².